The van der Waals surface area contributed by atoms with E-state index in [0.717, 1.165) is 11.1 Å². The van der Waals surface area contributed by atoms with Crippen molar-refractivity contribution in [2.24, 2.45) is 4.99 Å². The number of likely N-dealkylation sites (N-methyl/N-ethyl adjacent to an activating group) is 1. The highest BCUT2D eigenvalue weighted by molar-refractivity contribution is 14.0. The number of carbonyl (C=O) groups is 1. The van der Waals surface area contributed by atoms with E-state index in [1.165, 1.54) is 6.07 Å². The van der Waals surface area contributed by atoms with Gasteiger partial charge >= 0.3 is 0 Å². The molecule has 2 aromatic carbocycles. The third-order valence-corrected chi connectivity index (χ3v) is 4.61. The largest absolute Gasteiger partial charge is 0.354 e. The number of rotatable bonds is 7. The van der Waals surface area contributed by atoms with Crippen molar-refractivity contribution >= 4 is 35.8 Å². The molecule has 0 saturated heterocycles. The van der Waals surface area contributed by atoms with E-state index in [1.807, 2.05) is 49.3 Å². The second kappa shape index (κ2) is 12.5. The van der Waals surface area contributed by atoms with Crippen LogP contribution in [0.4, 0.5) is 4.39 Å². The number of nitrogens with one attached hydrogen (secondary N) is 2. The van der Waals surface area contributed by atoms with E-state index in [9.17, 15) is 9.18 Å². The molecule has 2 aromatic rings. The topological polar surface area (TPSA) is 60.0 Å². The van der Waals surface area contributed by atoms with Gasteiger partial charge in [-0.3, -0.25) is 9.79 Å². The number of nitrogens with zero attached hydrogens (tertiary/aromatic N) is 3. The molecule has 0 spiro atoms. The summed E-state index contributed by atoms with van der Waals surface area (Å²) in [7, 11) is 9.10. The molecule has 1 unspecified atom stereocenters. The molecule has 1 amide bonds. The maximum atomic E-state index is 13.6. The van der Waals surface area contributed by atoms with Crippen LogP contribution in [-0.2, 0) is 6.54 Å². The number of hydrogen-bond acceptors (Lipinski definition) is 3. The molecule has 164 valence electrons. The monoisotopic (exact) mass is 527 g/mol. The quantitative estimate of drug-likeness (QED) is 0.330. The standard InChI is InChI=1S/C22H30FN5O.HI/c1-24-22(25-14-16-9-11-17(12-10-16)21(29)28(4)5)26-15-20(27(2)3)18-7-6-8-19(23)13-18;/h6-13,20H,14-15H2,1-5H3,(H2,24,25,26);1H. The number of hydrogen-bond donors (Lipinski definition) is 2. The number of guanidine groups is 1. The van der Waals surface area contributed by atoms with Crippen molar-refractivity contribution < 1.29 is 9.18 Å². The van der Waals surface area contributed by atoms with Crippen LogP contribution in [0.5, 0.6) is 0 Å². The van der Waals surface area contributed by atoms with Crippen molar-refractivity contribution in [3.05, 3.63) is 71.0 Å². The van der Waals surface area contributed by atoms with E-state index in [2.05, 4.69) is 15.6 Å². The zero-order valence-electron chi connectivity index (χ0n) is 18.1. The Bertz CT molecular complexity index is 840. The Morgan fingerprint density at radius 3 is 2.27 bits per heavy atom. The zero-order chi connectivity index (χ0) is 21.4. The van der Waals surface area contributed by atoms with Crippen molar-refractivity contribution in [3.63, 3.8) is 0 Å². The van der Waals surface area contributed by atoms with Crippen LogP contribution in [0.25, 0.3) is 0 Å². The lowest BCUT2D eigenvalue weighted by molar-refractivity contribution is 0.0827. The number of amides is 1. The van der Waals surface area contributed by atoms with Gasteiger partial charge in [0, 0.05) is 39.8 Å². The fourth-order valence-corrected chi connectivity index (χ4v) is 2.94. The van der Waals surface area contributed by atoms with Crippen molar-refractivity contribution in [1.82, 2.24) is 20.4 Å². The van der Waals surface area contributed by atoms with E-state index in [4.69, 9.17) is 0 Å². The summed E-state index contributed by atoms with van der Waals surface area (Å²) in [5, 5.41) is 6.56. The van der Waals surface area contributed by atoms with Gasteiger partial charge in [-0.2, -0.15) is 0 Å². The molecule has 0 heterocycles. The van der Waals surface area contributed by atoms with E-state index >= 15 is 0 Å². The average Bonchev–Trinajstić information content (AvgIpc) is 2.70. The smallest absolute Gasteiger partial charge is 0.253 e. The molecule has 0 saturated carbocycles. The molecule has 0 aliphatic rings. The maximum absolute atomic E-state index is 13.6. The van der Waals surface area contributed by atoms with Crippen molar-refractivity contribution in [2.45, 2.75) is 12.6 Å². The summed E-state index contributed by atoms with van der Waals surface area (Å²) in [5.41, 5.74) is 2.60. The van der Waals surface area contributed by atoms with Gasteiger partial charge in [0.15, 0.2) is 5.96 Å². The van der Waals surface area contributed by atoms with Crippen LogP contribution in [0.3, 0.4) is 0 Å². The number of halogens is 2. The Morgan fingerprint density at radius 2 is 1.73 bits per heavy atom. The van der Waals surface area contributed by atoms with Crippen LogP contribution in [0.2, 0.25) is 0 Å². The van der Waals surface area contributed by atoms with Crippen LogP contribution in [0, 0.1) is 5.82 Å². The molecular weight excluding hydrogens is 496 g/mol. The van der Waals surface area contributed by atoms with Crippen LogP contribution < -0.4 is 10.6 Å². The molecule has 0 fully saturated rings. The molecule has 0 aliphatic carbocycles. The highest BCUT2D eigenvalue weighted by Gasteiger charge is 2.15. The van der Waals surface area contributed by atoms with E-state index in [0.29, 0.717) is 24.6 Å². The minimum atomic E-state index is -0.243. The third kappa shape index (κ3) is 7.56. The molecule has 2 N–H and O–H groups in total. The average molecular weight is 527 g/mol. The number of carbonyl (C=O) groups excluding carboxylic acids is 1. The lowest BCUT2D eigenvalue weighted by atomic mass is 10.1. The van der Waals surface area contributed by atoms with Crippen LogP contribution >= 0.6 is 24.0 Å². The molecule has 1 atom stereocenters. The lowest BCUT2D eigenvalue weighted by Crippen LogP contribution is -2.41. The lowest BCUT2D eigenvalue weighted by Gasteiger charge is -2.26. The summed E-state index contributed by atoms with van der Waals surface area (Å²) in [4.78, 5) is 19.8. The molecule has 0 aromatic heterocycles. The van der Waals surface area contributed by atoms with E-state index < -0.39 is 0 Å². The second-order valence-electron chi connectivity index (χ2n) is 7.24. The van der Waals surface area contributed by atoms with Gasteiger partial charge in [-0.15, -0.1) is 24.0 Å². The van der Waals surface area contributed by atoms with Gasteiger partial charge in [0.05, 0.1) is 6.04 Å². The van der Waals surface area contributed by atoms with Crippen molar-refractivity contribution in [2.75, 3.05) is 41.8 Å². The molecule has 30 heavy (non-hydrogen) atoms. The third-order valence-electron chi connectivity index (χ3n) is 4.61. The van der Waals surface area contributed by atoms with E-state index in [-0.39, 0.29) is 41.7 Å². The first kappa shape index (κ1) is 25.8. The van der Waals surface area contributed by atoms with Gasteiger partial charge in [0.1, 0.15) is 5.82 Å². The van der Waals surface area contributed by atoms with Gasteiger partial charge in [0.25, 0.3) is 5.91 Å². The minimum absolute atomic E-state index is 0. The van der Waals surface area contributed by atoms with E-state index in [1.54, 1.807) is 38.2 Å². The zero-order valence-corrected chi connectivity index (χ0v) is 20.5. The highest BCUT2D eigenvalue weighted by Crippen LogP contribution is 2.18. The first-order valence-electron chi connectivity index (χ1n) is 9.48. The summed E-state index contributed by atoms with van der Waals surface area (Å²) in [6.07, 6.45) is 0. The SMILES string of the molecule is CN=C(NCc1ccc(C(=O)N(C)C)cc1)NCC(c1cccc(F)c1)N(C)C.I. The van der Waals surface area contributed by atoms with Crippen molar-refractivity contribution in [3.8, 4) is 0 Å². The number of aliphatic imine (C=N–C) groups is 1. The molecule has 0 bridgehead atoms. The first-order chi connectivity index (χ1) is 13.8. The summed E-state index contributed by atoms with van der Waals surface area (Å²) in [6.45, 7) is 1.15. The molecule has 6 nitrogen and oxygen atoms in total. The summed E-state index contributed by atoms with van der Waals surface area (Å²) in [6, 6.07) is 14.1. The maximum Gasteiger partial charge on any atom is 0.253 e. The summed E-state index contributed by atoms with van der Waals surface area (Å²) in [5.74, 6) is 0.392. The normalized spacial score (nSPS) is 12.2. The van der Waals surface area contributed by atoms with Crippen molar-refractivity contribution in [1.29, 1.82) is 0 Å². The Morgan fingerprint density at radius 1 is 1.07 bits per heavy atom. The Kier molecular flexibility index (Phi) is 10.8. The van der Waals surface area contributed by atoms with Gasteiger partial charge in [-0.25, -0.2) is 4.39 Å². The first-order valence-corrected chi connectivity index (χ1v) is 9.48. The fraction of sp³-hybridized carbons (Fsp3) is 0.364. The van der Waals surface area contributed by atoms with Gasteiger partial charge < -0.3 is 20.4 Å². The predicted molar refractivity (Wildman–Crippen MR) is 131 cm³/mol. The Labute approximate surface area is 195 Å². The van der Waals surface area contributed by atoms with Crippen LogP contribution in [-0.4, -0.2) is 63.4 Å². The highest BCUT2D eigenvalue weighted by atomic mass is 127. The van der Waals surface area contributed by atoms with Gasteiger partial charge in [-0.1, -0.05) is 24.3 Å². The summed E-state index contributed by atoms with van der Waals surface area (Å²) >= 11 is 0. The predicted octanol–water partition coefficient (Wildman–Crippen LogP) is 3.11. The minimum Gasteiger partial charge on any atom is -0.354 e. The van der Waals surface area contributed by atoms with Crippen LogP contribution in [0.1, 0.15) is 27.5 Å². The molecule has 8 heteroatoms. The van der Waals surface area contributed by atoms with Gasteiger partial charge in [0.2, 0.25) is 0 Å². The number of benzene rings is 2. The molecule has 0 aliphatic heterocycles. The fourth-order valence-electron chi connectivity index (χ4n) is 2.94. The Balaban J connectivity index is 0.00000450. The molecule has 0 radical (unpaired) electrons. The second-order valence-corrected chi connectivity index (χ2v) is 7.24. The van der Waals surface area contributed by atoms with Crippen LogP contribution in [0.15, 0.2) is 53.5 Å². The van der Waals surface area contributed by atoms with Gasteiger partial charge in [-0.05, 0) is 49.5 Å². The Hall–Kier alpha value is -2.20. The molecule has 2 rings (SSSR count). The molecular formula is C22H31FIN5O. The summed E-state index contributed by atoms with van der Waals surface area (Å²) < 4.78 is 13.6.